The lowest BCUT2D eigenvalue weighted by Gasteiger charge is -2.32. The summed E-state index contributed by atoms with van der Waals surface area (Å²) in [6.45, 7) is 1.93. The number of pyridine rings is 1. The van der Waals surface area contributed by atoms with E-state index in [1.807, 2.05) is 12.1 Å². The van der Waals surface area contributed by atoms with Gasteiger partial charge >= 0.3 is 0 Å². The molecule has 1 saturated heterocycles. The molecule has 0 aliphatic carbocycles. The SMILES string of the molecule is COC1CCN(c2ncccc2Cl)CC1. The fourth-order valence-corrected chi connectivity index (χ4v) is 2.15. The second-order valence-corrected chi connectivity index (χ2v) is 4.14. The van der Waals surface area contributed by atoms with Crippen LogP contribution in [0.4, 0.5) is 5.82 Å². The minimum atomic E-state index is 0.392. The number of aromatic nitrogens is 1. The van der Waals surface area contributed by atoms with E-state index in [1.54, 1.807) is 13.3 Å². The molecular weight excluding hydrogens is 212 g/mol. The molecule has 1 aliphatic heterocycles. The van der Waals surface area contributed by atoms with Crippen molar-refractivity contribution in [2.45, 2.75) is 18.9 Å². The number of piperidine rings is 1. The summed E-state index contributed by atoms with van der Waals surface area (Å²) < 4.78 is 5.33. The first-order chi connectivity index (χ1) is 7.31. The monoisotopic (exact) mass is 226 g/mol. The maximum absolute atomic E-state index is 6.09. The summed E-state index contributed by atoms with van der Waals surface area (Å²) in [5, 5.41) is 0.730. The molecule has 4 heteroatoms. The van der Waals surface area contributed by atoms with Crippen LogP contribution >= 0.6 is 11.6 Å². The van der Waals surface area contributed by atoms with Crippen molar-refractivity contribution in [3.05, 3.63) is 23.4 Å². The van der Waals surface area contributed by atoms with Crippen molar-refractivity contribution in [2.24, 2.45) is 0 Å². The van der Waals surface area contributed by atoms with Gasteiger partial charge in [0.25, 0.3) is 0 Å². The van der Waals surface area contributed by atoms with Gasteiger partial charge in [-0.2, -0.15) is 0 Å². The predicted molar refractivity (Wildman–Crippen MR) is 61.5 cm³/mol. The van der Waals surface area contributed by atoms with E-state index in [9.17, 15) is 0 Å². The van der Waals surface area contributed by atoms with Crippen molar-refractivity contribution in [1.82, 2.24) is 4.98 Å². The number of ether oxygens (including phenoxy) is 1. The normalized spacial score (nSPS) is 18.1. The molecule has 0 spiro atoms. The smallest absolute Gasteiger partial charge is 0.147 e. The summed E-state index contributed by atoms with van der Waals surface area (Å²) in [6.07, 6.45) is 4.26. The molecule has 0 atom stereocenters. The summed E-state index contributed by atoms with van der Waals surface area (Å²) in [4.78, 5) is 6.53. The molecule has 1 aromatic heterocycles. The number of rotatable bonds is 2. The van der Waals surface area contributed by atoms with Gasteiger partial charge in [-0.1, -0.05) is 11.6 Å². The highest BCUT2D eigenvalue weighted by atomic mass is 35.5. The Hall–Kier alpha value is -0.800. The molecule has 82 valence electrons. The molecule has 1 aliphatic rings. The second kappa shape index (κ2) is 4.81. The molecule has 2 heterocycles. The molecule has 15 heavy (non-hydrogen) atoms. The van der Waals surface area contributed by atoms with E-state index in [2.05, 4.69) is 9.88 Å². The third-order valence-corrected chi connectivity index (χ3v) is 3.11. The molecule has 1 fully saturated rings. The van der Waals surface area contributed by atoms with Crippen LogP contribution < -0.4 is 4.90 Å². The molecule has 0 saturated carbocycles. The average Bonchev–Trinajstić information content (AvgIpc) is 2.30. The van der Waals surface area contributed by atoms with Gasteiger partial charge in [-0.15, -0.1) is 0 Å². The fraction of sp³-hybridized carbons (Fsp3) is 0.545. The van der Waals surface area contributed by atoms with Crippen LogP contribution in [0, 0.1) is 0 Å². The van der Waals surface area contributed by atoms with Crippen LogP contribution in [0.1, 0.15) is 12.8 Å². The second-order valence-electron chi connectivity index (χ2n) is 3.73. The quantitative estimate of drug-likeness (QED) is 0.774. The van der Waals surface area contributed by atoms with Gasteiger partial charge in [0.15, 0.2) is 0 Å². The zero-order chi connectivity index (χ0) is 10.7. The summed E-state index contributed by atoms with van der Waals surface area (Å²) in [6, 6.07) is 3.74. The van der Waals surface area contributed by atoms with Crippen molar-refractivity contribution in [3.63, 3.8) is 0 Å². The molecule has 2 rings (SSSR count). The summed E-state index contributed by atoms with van der Waals surface area (Å²) in [5.41, 5.74) is 0. The highest BCUT2D eigenvalue weighted by Gasteiger charge is 2.20. The van der Waals surface area contributed by atoms with Gasteiger partial charge in [-0.3, -0.25) is 0 Å². The molecule has 0 N–H and O–H groups in total. The van der Waals surface area contributed by atoms with E-state index in [-0.39, 0.29) is 0 Å². The molecule has 0 radical (unpaired) electrons. The van der Waals surface area contributed by atoms with Crippen molar-refractivity contribution >= 4 is 17.4 Å². The van der Waals surface area contributed by atoms with Gasteiger partial charge in [0, 0.05) is 26.4 Å². The highest BCUT2D eigenvalue weighted by molar-refractivity contribution is 6.32. The largest absolute Gasteiger partial charge is 0.381 e. The standard InChI is InChI=1S/C11H15ClN2O/c1-15-9-4-7-14(8-5-9)11-10(12)3-2-6-13-11/h2-3,6,9H,4-5,7-8H2,1H3. The lowest BCUT2D eigenvalue weighted by Crippen LogP contribution is -2.37. The predicted octanol–water partition coefficient (Wildman–Crippen LogP) is 2.35. The number of anilines is 1. The Labute approximate surface area is 95.0 Å². The van der Waals surface area contributed by atoms with Gasteiger partial charge in [-0.05, 0) is 25.0 Å². The van der Waals surface area contributed by atoms with Crippen LogP contribution in [0.2, 0.25) is 5.02 Å². The molecule has 0 unspecified atom stereocenters. The fourth-order valence-electron chi connectivity index (χ4n) is 1.91. The molecule has 1 aromatic rings. The Morgan fingerprint density at radius 2 is 2.20 bits per heavy atom. The third-order valence-electron chi connectivity index (χ3n) is 2.81. The van der Waals surface area contributed by atoms with Crippen LogP contribution in [0.15, 0.2) is 18.3 Å². The molecule has 3 nitrogen and oxygen atoms in total. The van der Waals surface area contributed by atoms with Crippen molar-refractivity contribution in [2.75, 3.05) is 25.1 Å². The van der Waals surface area contributed by atoms with Crippen molar-refractivity contribution in [3.8, 4) is 0 Å². The molecule has 0 bridgehead atoms. The number of halogens is 1. The maximum atomic E-state index is 6.09. The van der Waals surface area contributed by atoms with Gasteiger partial charge in [0.1, 0.15) is 5.82 Å². The third kappa shape index (κ3) is 2.41. The van der Waals surface area contributed by atoms with Crippen molar-refractivity contribution in [1.29, 1.82) is 0 Å². The van der Waals surface area contributed by atoms with E-state index in [0.717, 1.165) is 36.8 Å². The summed E-state index contributed by atoms with van der Waals surface area (Å²) >= 11 is 6.09. The van der Waals surface area contributed by atoms with Crippen LogP contribution in [-0.2, 0) is 4.74 Å². The first kappa shape index (κ1) is 10.7. The van der Waals surface area contributed by atoms with Gasteiger partial charge in [-0.25, -0.2) is 4.98 Å². The van der Waals surface area contributed by atoms with E-state index in [4.69, 9.17) is 16.3 Å². The lowest BCUT2D eigenvalue weighted by molar-refractivity contribution is 0.0818. The highest BCUT2D eigenvalue weighted by Crippen LogP contribution is 2.25. The summed E-state index contributed by atoms with van der Waals surface area (Å²) in [7, 11) is 1.77. The Bertz CT molecular complexity index is 324. The van der Waals surface area contributed by atoms with Crippen molar-refractivity contribution < 1.29 is 4.74 Å². The lowest BCUT2D eigenvalue weighted by atomic mass is 10.1. The van der Waals surface area contributed by atoms with E-state index >= 15 is 0 Å². The van der Waals surface area contributed by atoms with Crippen LogP contribution in [-0.4, -0.2) is 31.3 Å². The van der Waals surface area contributed by atoms with Gasteiger partial charge < -0.3 is 9.64 Å². The maximum Gasteiger partial charge on any atom is 0.147 e. The van der Waals surface area contributed by atoms with Crippen LogP contribution in [0.3, 0.4) is 0 Å². The minimum Gasteiger partial charge on any atom is -0.381 e. The Kier molecular flexibility index (Phi) is 3.44. The summed E-state index contributed by atoms with van der Waals surface area (Å²) in [5.74, 6) is 0.897. The average molecular weight is 227 g/mol. The number of nitrogens with zero attached hydrogens (tertiary/aromatic N) is 2. The van der Waals surface area contributed by atoms with Crippen LogP contribution in [0.5, 0.6) is 0 Å². The zero-order valence-electron chi connectivity index (χ0n) is 8.82. The first-order valence-electron chi connectivity index (χ1n) is 5.19. The first-order valence-corrected chi connectivity index (χ1v) is 5.57. The Morgan fingerprint density at radius 1 is 1.47 bits per heavy atom. The van der Waals surface area contributed by atoms with E-state index in [1.165, 1.54) is 0 Å². The number of methoxy groups -OCH3 is 1. The van der Waals surface area contributed by atoms with E-state index < -0.39 is 0 Å². The number of hydrogen-bond acceptors (Lipinski definition) is 3. The minimum absolute atomic E-state index is 0.392. The van der Waals surface area contributed by atoms with Crippen LogP contribution in [0.25, 0.3) is 0 Å². The Balaban J connectivity index is 2.04. The molecular formula is C11H15ClN2O. The van der Waals surface area contributed by atoms with Gasteiger partial charge in [0.05, 0.1) is 11.1 Å². The molecule has 0 amide bonds. The Morgan fingerprint density at radius 3 is 2.80 bits per heavy atom. The molecule has 0 aromatic carbocycles. The zero-order valence-corrected chi connectivity index (χ0v) is 9.57. The number of hydrogen-bond donors (Lipinski definition) is 0. The topological polar surface area (TPSA) is 25.4 Å². The van der Waals surface area contributed by atoms with Gasteiger partial charge in [0.2, 0.25) is 0 Å². The van der Waals surface area contributed by atoms with E-state index in [0.29, 0.717) is 6.10 Å².